The third-order valence-electron chi connectivity index (χ3n) is 5.49. The van der Waals surface area contributed by atoms with Gasteiger partial charge in [-0.15, -0.1) is 0 Å². The van der Waals surface area contributed by atoms with E-state index in [0.717, 1.165) is 22.3 Å². The van der Waals surface area contributed by atoms with Gasteiger partial charge in [-0.05, 0) is 35.1 Å². The Bertz CT molecular complexity index is 891. The number of carbonyl (C=O) groups is 3. The van der Waals surface area contributed by atoms with Crippen LogP contribution in [-0.4, -0.2) is 35.6 Å². The van der Waals surface area contributed by atoms with Gasteiger partial charge in [-0.2, -0.15) is 0 Å². The van der Waals surface area contributed by atoms with E-state index < -0.39 is 18.1 Å². The van der Waals surface area contributed by atoms with Crippen LogP contribution in [0.5, 0.6) is 0 Å². The molecule has 6 heteroatoms. The van der Waals surface area contributed by atoms with Gasteiger partial charge in [0.25, 0.3) is 0 Å². The maximum absolute atomic E-state index is 12.3. The van der Waals surface area contributed by atoms with Gasteiger partial charge in [0.15, 0.2) is 0 Å². The lowest BCUT2D eigenvalue weighted by atomic mass is 9.98. The van der Waals surface area contributed by atoms with E-state index in [1.54, 1.807) is 0 Å². The Balaban J connectivity index is 1.58. The minimum Gasteiger partial charge on any atom is -0.480 e. The molecule has 0 radical (unpaired) electrons. The number of ketones is 1. The zero-order valence-corrected chi connectivity index (χ0v) is 17.3. The number of carboxylic acids is 1. The zero-order chi connectivity index (χ0) is 21.7. The average molecular weight is 409 g/mol. The summed E-state index contributed by atoms with van der Waals surface area (Å²) < 4.78 is 5.41. The molecule has 0 saturated carbocycles. The molecule has 0 aromatic heterocycles. The maximum Gasteiger partial charge on any atom is 0.407 e. The Morgan fingerprint density at radius 2 is 1.57 bits per heavy atom. The summed E-state index contributed by atoms with van der Waals surface area (Å²) in [5, 5.41) is 11.8. The van der Waals surface area contributed by atoms with Crippen LogP contribution >= 0.6 is 0 Å². The first-order valence-electron chi connectivity index (χ1n) is 10.3. The number of ether oxygens (including phenoxy) is 1. The molecule has 3 rings (SSSR count). The third kappa shape index (κ3) is 4.87. The number of fused-ring (bicyclic) bond motifs is 3. The summed E-state index contributed by atoms with van der Waals surface area (Å²) in [7, 11) is 0. The van der Waals surface area contributed by atoms with Gasteiger partial charge in [0, 0.05) is 18.3 Å². The lowest BCUT2D eigenvalue weighted by Gasteiger charge is -2.17. The Labute approximate surface area is 176 Å². The molecule has 0 heterocycles. The molecule has 0 fully saturated rings. The van der Waals surface area contributed by atoms with Crippen molar-refractivity contribution in [3.63, 3.8) is 0 Å². The SMILES string of the molecule is CC(C)C(=O)CCCC(NC(=O)OCC1c2ccccc2-c2ccccc21)C(=O)O. The Kier molecular flexibility index (Phi) is 6.87. The topological polar surface area (TPSA) is 92.7 Å². The van der Waals surface area contributed by atoms with Crippen molar-refractivity contribution in [3.8, 4) is 11.1 Å². The molecule has 158 valence electrons. The summed E-state index contributed by atoms with van der Waals surface area (Å²) in [5.74, 6) is -1.22. The molecule has 0 aliphatic heterocycles. The van der Waals surface area contributed by atoms with E-state index in [9.17, 15) is 19.5 Å². The molecule has 2 aromatic rings. The molecule has 1 amide bonds. The monoisotopic (exact) mass is 409 g/mol. The Morgan fingerprint density at radius 1 is 1.00 bits per heavy atom. The first kappa shape index (κ1) is 21.6. The second-order valence-electron chi connectivity index (χ2n) is 7.87. The molecule has 1 aliphatic carbocycles. The summed E-state index contributed by atoms with van der Waals surface area (Å²) in [6, 6.07) is 14.9. The number of aliphatic carboxylic acids is 1. The largest absolute Gasteiger partial charge is 0.480 e. The molecule has 1 atom stereocenters. The fraction of sp³-hybridized carbons (Fsp3) is 0.375. The van der Waals surface area contributed by atoms with Crippen LogP contribution < -0.4 is 5.32 Å². The zero-order valence-electron chi connectivity index (χ0n) is 17.3. The van der Waals surface area contributed by atoms with Gasteiger partial charge in [-0.3, -0.25) is 4.79 Å². The van der Waals surface area contributed by atoms with Crippen molar-refractivity contribution < 1.29 is 24.2 Å². The van der Waals surface area contributed by atoms with Crippen molar-refractivity contribution in [3.05, 3.63) is 59.7 Å². The number of benzene rings is 2. The first-order valence-corrected chi connectivity index (χ1v) is 10.3. The van der Waals surface area contributed by atoms with Crippen molar-refractivity contribution in [1.82, 2.24) is 5.32 Å². The minimum atomic E-state index is -1.14. The normalized spacial score (nSPS) is 13.4. The molecule has 0 saturated heterocycles. The van der Waals surface area contributed by atoms with Crippen molar-refractivity contribution in [1.29, 1.82) is 0 Å². The van der Waals surface area contributed by atoms with E-state index in [-0.39, 0.29) is 30.6 Å². The highest BCUT2D eigenvalue weighted by atomic mass is 16.5. The molecule has 30 heavy (non-hydrogen) atoms. The number of alkyl carbamates (subject to hydrolysis) is 1. The maximum atomic E-state index is 12.3. The van der Waals surface area contributed by atoms with Crippen LogP contribution in [0.4, 0.5) is 4.79 Å². The van der Waals surface area contributed by atoms with Crippen molar-refractivity contribution >= 4 is 17.8 Å². The summed E-state index contributed by atoms with van der Waals surface area (Å²) in [4.78, 5) is 35.5. The number of rotatable bonds is 9. The quantitative estimate of drug-likeness (QED) is 0.641. The van der Waals surface area contributed by atoms with Crippen molar-refractivity contribution in [2.75, 3.05) is 6.61 Å². The molecule has 1 aliphatic rings. The fourth-order valence-electron chi connectivity index (χ4n) is 3.81. The second kappa shape index (κ2) is 9.57. The number of carboxylic acid groups (broad SMARTS) is 1. The van der Waals surface area contributed by atoms with Gasteiger partial charge in [0.2, 0.25) is 0 Å². The number of amides is 1. The van der Waals surface area contributed by atoms with Crippen LogP contribution in [0.3, 0.4) is 0 Å². The van der Waals surface area contributed by atoms with Crippen LogP contribution in [-0.2, 0) is 14.3 Å². The third-order valence-corrected chi connectivity index (χ3v) is 5.49. The molecular formula is C24H27NO5. The molecular weight excluding hydrogens is 382 g/mol. The van der Waals surface area contributed by atoms with E-state index >= 15 is 0 Å². The summed E-state index contributed by atoms with van der Waals surface area (Å²) in [6.07, 6.45) is 0.114. The van der Waals surface area contributed by atoms with Crippen LogP contribution in [0, 0.1) is 5.92 Å². The lowest BCUT2D eigenvalue weighted by Crippen LogP contribution is -2.41. The lowest BCUT2D eigenvalue weighted by molar-refractivity contribution is -0.139. The molecule has 6 nitrogen and oxygen atoms in total. The van der Waals surface area contributed by atoms with Gasteiger partial charge in [0.05, 0.1) is 0 Å². The average Bonchev–Trinajstić information content (AvgIpc) is 3.05. The summed E-state index contributed by atoms with van der Waals surface area (Å²) >= 11 is 0. The highest BCUT2D eigenvalue weighted by Crippen LogP contribution is 2.44. The number of Topliss-reactive ketones (excluding diaryl/α,β-unsaturated/α-hetero) is 1. The Hall–Kier alpha value is -3.15. The van der Waals surface area contributed by atoms with E-state index in [1.165, 1.54) is 0 Å². The Morgan fingerprint density at radius 3 is 2.10 bits per heavy atom. The first-order chi connectivity index (χ1) is 14.4. The van der Waals surface area contributed by atoms with Crippen LogP contribution in [0.25, 0.3) is 11.1 Å². The van der Waals surface area contributed by atoms with Crippen molar-refractivity contribution in [2.24, 2.45) is 5.92 Å². The predicted molar refractivity (Wildman–Crippen MR) is 113 cm³/mol. The van der Waals surface area contributed by atoms with Gasteiger partial charge >= 0.3 is 12.1 Å². The summed E-state index contributed by atoms with van der Waals surface area (Å²) in [6.45, 7) is 3.75. The molecule has 2 aromatic carbocycles. The molecule has 2 N–H and O–H groups in total. The van der Waals surface area contributed by atoms with Crippen molar-refractivity contribution in [2.45, 2.75) is 45.1 Å². The molecule has 0 bridgehead atoms. The highest BCUT2D eigenvalue weighted by Gasteiger charge is 2.29. The van der Waals surface area contributed by atoms with Gasteiger partial charge in [-0.1, -0.05) is 62.4 Å². The standard InChI is InChI=1S/C24H27NO5/c1-15(2)22(26)13-7-12-21(23(27)28)25-24(29)30-14-20-18-10-5-3-8-16(18)17-9-4-6-11-19(17)20/h3-6,8-11,15,20-21H,7,12-14H2,1-2H3,(H,25,29)(H,27,28). The van der Waals surface area contributed by atoms with Gasteiger partial charge in [0.1, 0.15) is 18.4 Å². The van der Waals surface area contributed by atoms with Gasteiger partial charge in [-0.25, -0.2) is 9.59 Å². The molecule has 1 unspecified atom stereocenters. The summed E-state index contributed by atoms with van der Waals surface area (Å²) in [5.41, 5.74) is 4.43. The van der Waals surface area contributed by atoms with E-state index in [0.29, 0.717) is 12.8 Å². The number of nitrogens with one attached hydrogen (secondary N) is 1. The van der Waals surface area contributed by atoms with E-state index in [4.69, 9.17) is 4.74 Å². The molecule has 0 spiro atoms. The highest BCUT2D eigenvalue weighted by molar-refractivity contribution is 5.82. The van der Waals surface area contributed by atoms with Gasteiger partial charge < -0.3 is 15.2 Å². The van der Waals surface area contributed by atoms with Crippen LogP contribution in [0.2, 0.25) is 0 Å². The number of carbonyl (C=O) groups excluding carboxylic acids is 2. The van der Waals surface area contributed by atoms with Crippen LogP contribution in [0.15, 0.2) is 48.5 Å². The fourth-order valence-corrected chi connectivity index (χ4v) is 3.81. The van der Waals surface area contributed by atoms with Crippen LogP contribution in [0.1, 0.15) is 50.2 Å². The smallest absolute Gasteiger partial charge is 0.407 e. The second-order valence-corrected chi connectivity index (χ2v) is 7.87. The van der Waals surface area contributed by atoms with E-state index in [2.05, 4.69) is 5.32 Å². The number of hydrogen-bond donors (Lipinski definition) is 2. The predicted octanol–water partition coefficient (Wildman–Crippen LogP) is 4.37. The van der Waals surface area contributed by atoms with E-state index in [1.807, 2.05) is 62.4 Å². The minimum absolute atomic E-state index is 0.0802. The number of hydrogen-bond acceptors (Lipinski definition) is 4.